The lowest BCUT2D eigenvalue weighted by atomic mass is 10.1. The minimum absolute atomic E-state index is 0.336. The van der Waals surface area contributed by atoms with Crippen LogP contribution in [0.4, 0.5) is 0 Å². The van der Waals surface area contributed by atoms with Gasteiger partial charge in [-0.1, -0.05) is 19.1 Å². The largest absolute Gasteiger partial charge is 0.465 e. The normalized spacial score (nSPS) is 15.9. The van der Waals surface area contributed by atoms with Crippen LogP contribution < -0.4 is 0 Å². The van der Waals surface area contributed by atoms with E-state index in [1.165, 1.54) is 20.0 Å². The highest BCUT2D eigenvalue weighted by Gasteiger charge is 2.37. The SMILES string of the molecule is COC(=O)c1ccc(-c2ncn(CC3(C)CC3)n2)cc1. The van der Waals surface area contributed by atoms with E-state index in [1.807, 2.05) is 16.8 Å². The lowest BCUT2D eigenvalue weighted by molar-refractivity contribution is 0.0601. The molecule has 0 aliphatic heterocycles. The third kappa shape index (κ3) is 2.57. The maximum atomic E-state index is 11.4. The quantitative estimate of drug-likeness (QED) is 0.802. The minimum Gasteiger partial charge on any atom is -0.465 e. The first-order chi connectivity index (χ1) is 9.59. The number of carbonyl (C=O) groups is 1. The second kappa shape index (κ2) is 4.74. The van der Waals surface area contributed by atoms with Crippen LogP contribution in [0.25, 0.3) is 11.4 Å². The number of rotatable bonds is 4. The fourth-order valence-electron chi connectivity index (χ4n) is 2.14. The molecule has 0 saturated heterocycles. The van der Waals surface area contributed by atoms with E-state index >= 15 is 0 Å². The van der Waals surface area contributed by atoms with Gasteiger partial charge >= 0.3 is 5.97 Å². The van der Waals surface area contributed by atoms with E-state index in [2.05, 4.69) is 21.7 Å². The minimum atomic E-state index is -0.336. The van der Waals surface area contributed by atoms with Crippen LogP contribution in [-0.2, 0) is 11.3 Å². The van der Waals surface area contributed by atoms with Crippen LogP contribution >= 0.6 is 0 Å². The highest BCUT2D eigenvalue weighted by molar-refractivity contribution is 5.89. The van der Waals surface area contributed by atoms with E-state index in [0.29, 0.717) is 16.8 Å². The molecule has 1 aromatic heterocycles. The van der Waals surface area contributed by atoms with Crippen molar-refractivity contribution in [3.63, 3.8) is 0 Å². The fraction of sp³-hybridized carbons (Fsp3) is 0.400. The van der Waals surface area contributed by atoms with Gasteiger partial charge in [-0.25, -0.2) is 9.78 Å². The van der Waals surface area contributed by atoms with Gasteiger partial charge in [0.25, 0.3) is 0 Å². The van der Waals surface area contributed by atoms with E-state index < -0.39 is 0 Å². The summed E-state index contributed by atoms with van der Waals surface area (Å²) in [5.41, 5.74) is 1.83. The summed E-state index contributed by atoms with van der Waals surface area (Å²) in [6.07, 6.45) is 4.29. The number of hydrogen-bond acceptors (Lipinski definition) is 4. The average molecular weight is 271 g/mol. The summed E-state index contributed by atoms with van der Waals surface area (Å²) in [4.78, 5) is 15.7. The maximum Gasteiger partial charge on any atom is 0.337 e. The van der Waals surface area contributed by atoms with Gasteiger partial charge in [0, 0.05) is 12.1 Å². The van der Waals surface area contributed by atoms with Crippen molar-refractivity contribution in [3.05, 3.63) is 36.2 Å². The Morgan fingerprint density at radius 3 is 2.65 bits per heavy atom. The number of benzene rings is 1. The molecule has 0 amide bonds. The van der Waals surface area contributed by atoms with Crippen LogP contribution in [-0.4, -0.2) is 27.8 Å². The summed E-state index contributed by atoms with van der Waals surface area (Å²) in [5, 5.41) is 4.49. The first kappa shape index (κ1) is 12.8. The molecule has 3 rings (SSSR count). The Kier molecular flexibility index (Phi) is 3.04. The second-order valence-electron chi connectivity index (χ2n) is 5.65. The molecule has 1 fully saturated rings. The molecule has 2 aromatic rings. The third-order valence-electron chi connectivity index (χ3n) is 3.75. The van der Waals surface area contributed by atoms with Gasteiger partial charge < -0.3 is 4.74 Å². The summed E-state index contributed by atoms with van der Waals surface area (Å²) in [5.74, 6) is 0.349. The van der Waals surface area contributed by atoms with Gasteiger partial charge in [-0.3, -0.25) is 4.68 Å². The van der Waals surface area contributed by atoms with Crippen molar-refractivity contribution in [1.29, 1.82) is 0 Å². The number of ether oxygens (including phenoxy) is 1. The van der Waals surface area contributed by atoms with Gasteiger partial charge in [0.1, 0.15) is 6.33 Å². The highest BCUT2D eigenvalue weighted by Crippen LogP contribution is 2.46. The van der Waals surface area contributed by atoms with E-state index in [1.54, 1.807) is 18.5 Å². The van der Waals surface area contributed by atoms with Crippen LogP contribution in [0.3, 0.4) is 0 Å². The molecule has 5 nitrogen and oxygen atoms in total. The monoisotopic (exact) mass is 271 g/mol. The van der Waals surface area contributed by atoms with Gasteiger partial charge in [-0.05, 0) is 30.4 Å². The molecular formula is C15H17N3O2. The molecule has 104 valence electrons. The standard InChI is InChI=1S/C15H17N3O2/c1-15(7-8-15)9-18-10-16-13(17-18)11-3-5-12(6-4-11)14(19)20-2/h3-6,10H,7-9H2,1-2H3. The van der Waals surface area contributed by atoms with Crippen molar-refractivity contribution in [3.8, 4) is 11.4 Å². The molecule has 0 bridgehead atoms. The third-order valence-corrected chi connectivity index (χ3v) is 3.75. The van der Waals surface area contributed by atoms with Gasteiger partial charge in [0.2, 0.25) is 0 Å². The zero-order chi connectivity index (χ0) is 14.2. The van der Waals surface area contributed by atoms with Crippen molar-refractivity contribution in [2.24, 2.45) is 5.41 Å². The van der Waals surface area contributed by atoms with Crippen LogP contribution in [0.1, 0.15) is 30.1 Å². The molecule has 1 heterocycles. The van der Waals surface area contributed by atoms with E-state index in [4.69, 9.17) is 0 Å². The molecule has 5 heteroatoms. The van der Waals surface area contributed by atoms with Crippen LogP contribution in [0, 0.1) is 5.41 Å². The first-order valence-corrected chi connectivity index (χ1v) is 6.68. The number of esters is 1. The lowest BCUT2D eigenvalue weighted by Gasteiger charge is -2.06. The van der Waals surface area contributed by atoms with E-state index in [9.17, 15) is 4.79 Å². The summed E-state index contributed by atoms with van der Waals surface area (Å²) in [7, 11) is 1.37. The van der Waals surface area contributed by atoms with Gasteiger partial charge in [-0.2, -0.15) is 5.10 Å². The molecule has 0 spiro atoms. The highest BCUT2D eigenvalue weighted by atomic mass is 16.5. The molecule has 0 unspecified atom stereocenters. The second-order valence-corrected chi connectivity index (χ2v) is 5.65. The summed E-state index contributed by atoms with van der Waals surface area (Å²) < 4.78 is 6.57. The molecule has 20 heavy (non-hydrogen) atoms. The molecule has 1 aliphatic carbocycles. The summed E-state index contributed by atoms with van der Waals surface area (Å²) in [6.45, 7) is 3.18. The Bertz CT molecular complexity index is 627. The topological polar surface area (TPSA) is 57.0 Å². The van der Waals surface area contributed by atoms with Crippen LogP contribution in [0.15, 0.2) is 30.6 Å². The Morgan fingerprint density at radius 1 is 1.35 bits per heavy atom. The maximum absolute atomic E-state index is 11.4. The zero-order valence-electron chi connectivity index (χ0n) is 11.7. The fourth-order valence-corrected chi connectivity index (χ4v) is 2.14. The lowest BCUT2D eigenvalue weighted by Crippen LogP contribution is -2.08. The van der Waals surface area contributed by atoms with Gasteiger partial charge in [0.05, 0.1) is 12.7 Å². The molecule has 1 saturated carbocycles. The van der Waals surface area contributed by atoms with E-state index in [0.717, 1.165) is 12.1 Å². The summed E-state index contributed by atoms with van der Waals surface area (Å²) in [6, 6.07) is 7.13. The predicted octanol–water partition coefficient (Wildman–Crippen LogP) is 2.53. The molecule has 0 N–H and O–H groups in total. The van der Waals surface area contributed by atoms with Gasteiger partial charge in [-0.15, -0.1) is 0 Å². The van der Waals surface area contributed by atoms with Crippen molar-refractivity contribution in [2.75, 3.05) is 7.11 Å². The molecular weight excluding hydrogens is 254 g/mol. The Labute approximate surface area is 117 Å². The van der Waals surface area contributed by atoms with E-state index in [-0.39, 0.29) is 5.97 Å². The molecule has 1 aliphatic rings. The molecule has 0 radical (unpaired) electrons. The zero-order valence-corrected chi connectivity index (χ0v) is 11.7. The molecule has 1 aromatic carbocycles. The number of methoxy groups -OCH3 is 1. The van der Waals surface area contributed by atoms with Crippen LogP contribution in [0.5, 0.6) is 0 Å². The molecule has 0 atom stereocenters. The first-order valence-electron chi connectivity index (χ1n) is 6.68. The number of carbonyl (C=O) groups excluding carboxylic acids is 1. The number of nitrogens with zero attached hydrogens (tertiary/aromatic N) is 3. The van der Waals surface area contributed by atoms with Crippen molar-refractivity contribution >= 4 is 5.97 Å². The number of aromatic nitrogens is 3. The number of hydrogen-bond donors (Lipinski definition) is 0. The Morgan fingerprint density at radius 2 is 2.05 bits per heavy atom. The Hall–Kier alpha value is -2.17. The predicted molar refractivity (Wildman–Crippen MR) is 74.1 cm³/mol. The van der Waals surface area contributed by atoms with Gasteiger partial charge in [0.15, 0.2) is 5.82 Å². The Balaban J connectivity index is 1.77. The smallest absolute Gasteiger partial charge is 0.337 e. The van der Waals surface area contributed by atoms with Crippen molar-refractivity contribution < 1.29 is 9.53 Å². The summed E-state index contributed by atoms with van der Waals surface area (Å²) >= 11 is 0. The van der Waals surface area contributed by atoms with Crippen molar-refractivity contribution in [1.82, 2.24) is 14.8 Å². The van der Waals surface area contributed by atoms with Crippen molar-refractivity contribution in [2.45, 2.75) is 26.3 Å². The van der Waals surface area contributed by atoms with Crippen LogP contribution in [0.2, 0.25) is 0 Å². The average Bonchev–Trinajstić information content (AvgIpc) is 3.01.